The number of hydrogen-bond acceptors (Lipinski definition) is 2. The summed E-state index contributed by atoms with van der Waals surface area (Å²) >= 11 is 0. The van der Waals surface area contributed by atoms with Crippen molar-refractivity contribution in [2.24, 2.45) is 5.92 Å². The highest BCUT2D eigenvalue weighted by Gasteiger charge is 2.37. The summed E-state index contributed by atoms with van der Waals surface area (Å²) in [6.07, 6.45) is 3.92. The van der Waals surface area contributed by atoms with Crippen molar-refractivity contribution in [3.8, 4) is 11.8 Å². The van der Waals surface area contributed by atoms with Crippen molar-refractivity contribution in [2.45, 2.75) is 45.6 Å². The maximum Gasteiger partial charge on any atom is 0.251 e. The van der Waals surface area contributed by atoms with Crippen molar-refractivity contribution in [3.63, 3.8) is 0 Å². The van der Waals surface area contributed by atoms with Gasteiger partial charge >= 0.3 is 0 Å². The number of rotatable bonds is 5. The van der Waals surface area contributed by atoms with Crippen LogP contribution in [0.5, 0.6) is 0 Å². The summed E-state index contributed by atoms with van der Waals surface area (Å²) in [5.74, 6) is 6.58. The molecule has 0 radical (unpaired) electrons. The fraction of sp³-hybridized carbons (Fsp3) is 0.500. The first kappa shape index (κ1) is 15.6. The van der Waals surface area contributed by atoms with Gasteiger partial charge in [0.05, 0.1) is 6.61 Å². The lowest BCUT2D eigenvalue weighted by molar-refractivity contribution is 0.0948. The van der Waals surface area contributed by atoms with Crippen LogP contribution in [0.15, 0.2) is 18.2 Å². The molecule has 1 saturated carbocycles. The zero-order valence-electron chi connectivity index (χ0n) is 12.8. The highest BCUT2D eigenvalue weighted by molar-refractivity contribution is 5.96. The molecule has 0 heterocycles. The standard InChI is InChI=1S/C18H23NO2/c1-3-7-15-12-17(15)19-18(21)16-10-6-9-14(13(16)2)8-4-5-11-20/h6,9-10,15,17,20H,3,5,7,11-12H2,1-2H3,(H,19,21). The fourth-order valence-corrected chi connectivity index (χ4v) is 2.59. The van der Waals surface area contributed by atoms with E-state index in [1.54, 1.807) is 0 Å². The Labute approximate surface area is 126 Å². The molecule has 0 aliphatic heterocycles. The Balaban J connectivity index is 2.05. The Bertz CT molecular complexity index is 568. The summed E-state index contributed by atoms with van der Waals surface area (Å²) < 4.78 is 0. The maximum atomic E-state index is 12.3. The molecule has 21 heavy (non-hydrogen) atoms. The molecule has 1 aromatic carbocycles. The Morgan fingerprint density at radius 2 is 2.29 bits per heavy atom. The van der Waals surface area contributed by atoms with Crippen molar-refractivity contribution >= 4 is 5.91 Å². The first-order valence-electron chi connectivity index (χ1n) is 7.67. The van der Waals surface area contributed by atoms with E-state index in [-0.39, 0.29) is 12.5 Å². The normalized spacial score (nSPS) is 19.6. The summed E-state index contributed by atoms with van der Waals surface area (Å²) in [5.41, 5.74) is 2.47. The molecule has 2 unspecified atom stereocenters. The number of amides is 1. The molecule has 2 atom stereocenters. The van der Waals surface area contributed by atoms with Gasteiger partial charge in [0, 0.05) is 23.6 Å². The number of nitrogens with one attached hydrogen (secondary N) is 1. The summed E-state index contributed by atoms with van der Waals surface area (Å²) in [7, 11) is 0. The van der Waals surface area contributed by atoms with Gasteiger partial charge in [0.2, 0.25) is 0 Å². The third-order valence-corrected chi connectivity index (χ3v) is 3.94. The predicted octanol–water partition coefficient (Wildman–Crippen LogP) is 2.65. The Hall–Kier alpha value is -1.79. The summed E-state index contributed by atoms with van der Waals surface area (Å²) in [5, 5.41) is 11.9. The molecule has 1 amide bonds. The van der Waals surface area contributed by atoms with Crippen LogP contribution in [0.2, 0.25) is 0 Å². The van der Waals surface area contributed by atoms with Gasteiger partial charge in [-0.2, -0.15) is 0 Å². The molecule has 2 rings (SSSR count). The average molecular weight is 285 g/mol. The number of carbonyl (C=O) groups is 1. The molecular weight excluding hydrogens is 262 g/mol. The van der Waals surface area contributed by atoms with Gasteiger partial charge in [-0.25, -0.2) is 0 Å². The van der Waals surface area contributed by atoms with Crippen molar-refractivity contribution in [2.75, 3.05) is 6.61 Å². The van der Waals surface area contributed by atoms with Crippen LogP contribution in [0.4, 0.5) is 0 Å². The molecule has 0 spiro atoms. The summed E-state index contributed by atoms with van der Waals surface area (Å²) in [6.45, 7) is 4.16. The van der Waals surface area contributed by atoms with E-state index >= 15 is 0 Å². The van der Waals surface area contributed by atoms with E-state index in [9.17, 15) is 4.79 Å². The van der Waals surface area contributed by atoms with Gasteiger partial charge in [-0.1, -0.05) is 31.3 Å². The van der Waals surface area contributed by atoms with Gasteiger partial charge in [-0.3, -0.25) is 4.79 Å². The van der Waals surface area contributed by atoms with Crippen LogP contribution in [0.25, 0.3) is 0 Å². The lowest BCUT2D eigenvalue weighted by Crippen LogP contribution is -2.27. The summed E-state index contributed by atoms with van der Waals surface area (Å²) in [4.78, 5) is 12.3. The van der Waals surface area contributed by atoms with Gasteiger partial charge < -0.3 is 10.4 Å². The third-order valence-electron chi connectivity index (χ3n) is 3.94. The van der Waals surface area contributed by atoms with Crippen LogP contribution in [-0.4, -0.2) is 23.7 Å². The molecule has 1 aliphatic rings. The quantitative estimate of drug-likeness (QED) is 0.817. The zero-order valence-corrected chi connectivity index (χ0v) is 12.8. The SMILES string of the molecule is CCCC1CC1NC(=O)c1cccc(C#CCCO)c1C. The van der Waals surface area contributed by atoms with Crippen LogP contribution in [-0.2, 0) is 0 Å². The highest BCUT2D eigenvalue weighted by Crippen LogP contribution is 2.34. The van der Waals surface area contributed by atoms with E-state index in [2.05, 4.69) is 24.1 Å². The Kier molecular flexibility index (Phi) is 5.41. The first-order valence-corrected chi connectivity index (χ1v) is 7.67. The first-order chi connectivity index (χ1) is 10.2. The molecule has 3 heteroatoms. The molecule has 1 aromatic rings. The number of aliphatic hydroxyl groups is 1. The van der Waals surface area contributed by atoms with E-state index in [1.807, 2.05) is 25.1 Å². The molecule has 0 aromatic heterocycles. The van der Waals surface area contributed by atoms with Crippen LogP contribution in [0, 0.1) is 24.7 Å². The molecule has 0 bridgehead atoms. The second kappa shape index (κ2) is 7.28. The number of benzene rings is 1. The van der Waals surface area contributed by atoms with E-state index in [0.29, 0.717) is 23.9 Å². The van der Waals surface area contributed by atoms with Gasteiger partial charge in [0.25, 0.3) is 5.91 Å². The van der Waals surface area contributed by atoms with Crippen molar-refractivity contribution < 1.29 is 9.90 Å². The zero-order chi connectivity index (χ0) is 15.2. The van der Waals surface area contributed by atoms with Crippen LogP contribution < -0.4 is 5.32 Å². The number of carbonyl (C=O) groups excluding carboxylic acids is 1. The van der Waals surface area contributed by atoms with Gasteiger partial charge in [-0.15, -0.1) is 0 Å². The largest absolute Gasteiger partial charge is 0.395 e. The minimum absolute atomic E-state index is 0.00177. The second-order valence-corrected chi connectivity index (χ2v) is 5.62. The van der Waals surface area contributed by atoms with E-state index in [0.717, 1.165) is 17.5 Å². The van der Waals surface area contributed by atoms with E-state index < -0.39 is 0 Å². The van der Waals surface area contributed by atoms with Gasteiger partial charge in [0.15, 0.2) is 0 Å². The second-order valence-electron chi connectivity index (χ2n) is 5.62. The Morgan fingerprint density at radius 3 is 3.00 bits per heavy atom. The molecule has 112 valence electrons. The van der Waals surface area contributed by atoms with Crippen LogP contribution in [0.3, 0.4) is 0 Å². The predicted molar refractivity (Wildman–Crippen MR) is 84.0 cm³/mol. The maximum absolute atomic E-state index is 12.3. The molecule has 3 nitrogen and oxygen atoms in total. The van der Waals surface area contributed by atoms with Crippen molar-refractivity contribution in [1.29, 1.82) is 0 Å². The average Bonchev–Trinajstić information content (AvgIpc) is 3.19. The van der Waals surface area contributed by atoms with Crippen LogP contribution >= 0.6 is 0 Å². The lowest BCUT2D eigenvalue weighted by atomic mass is 10.0. The third kappa shape index (κ3) is 4.09. The number of hydrogen-bond donors (Lipinski definition) is 2. The molecule has 1 aliphatic carbocycles. The fourth-order valence-electron chi connectivity index (χ4n) is 2.59. The van der Waals surface area contributed by atoms with E-state index in [4.69, 9.17) is 5.11 Å². The number of aliphatic hydroxyl groups excluding tert-OH is 1. The van der Waals surface area contributed by atoms with Crippen LogP contribution in [0.1, 0.15) is 54.1 Å². The topological polar surface area (TPSA) is 49.3 Å². The van der Waals surface area contributed by atoms with Crippen molar-refractivity contribution in [1.82, 2.24) is 5.32 Å². The minimum atomic E-state index is 0.00177. The minimum Gasteiger partial charge on any atom is -0.395 e. The lowest BCUT2D eigenvalue weighted by Gasteiger charge is -2.09. The Morgan fingerprint density at radius 1 is 1.48 bits per heavy atom. The molecule has 0 saturated heterocycles. The van der Waals surface area contributed by atoms with Gasteiger partial charge in [-0.05, 0) is 43.4 Å². The monoisotopic (exact) mass is 285 g/mol. The molecule has 2 N–H and O–H groups in total. The molecule has 1 fully saturated rings. The smallest absolute Gasteiger partial charge is 0.251 e. The summed E-state index contributed by atoms with van der Waals surface area (Å²) in [6, 6.07) is 5.97. The molecular formula is C18H23NO2. The highest BCUT2D eigenvalue weighted by atomic mass is 16.2. The van der Waals surface area contributed by atoms with Gasteiger partial charge in [0.1, 0.15) is 0 Å². The van der Waals surface area contributed by atoms with Crippen molar-refractivity contribution in [3.05, 3.63) is 34.9 Å². The van der Waals surface area contributed by atoms with E-state index in [1.165, 1.54) is 12.8 Å².